The van der Waals surface area contributed by atoms with E-state index >= 15 is 0 Å². The number of hydrogen-bond donors (Lipinski definition) is 3. The molecule has 0 atom stereocenters. The Morgan fingerprint density at radius 3 is 2.33 bits per heavy atom. The van der Waals surface area contributed by atoms with Gasteiger partial charge in [-0.05, 0) is 63.2 Å². The average Bonchev–Trinajstić information content (AvgIpc) is 2.92. The first-order valence-corrected chi connectivity index (χ1v) is 15.1. The number of para-hydroxylation sites is 1. The zero-order chi connectivity index (χ0) is 28.3. The molecule has 5 rings (SSSR count). The van der Waals surface area contributed by atoms with Crippen LogP contribution in [0.25, 0.3) is 22.0 Å². The number of rotatable bonds is 8. The van der Waals surface area contributed by atoms with Gasteiger partial charge in [-0.1, -0.05) is 43.3 Å². The first-order chi connectivity index (χ1) is 19.1. The van der Waals surface area contributed by atoms with Crippen LogP contribution in [-0.2, 0) is 10.2 Å². The molecular formula is C30H37N7O2S. The molecule has 2 heterocycles. The lowest BCUT2D eigenvalue weighted by Gasteiger charge is -2.35. The maximum absolute atomic E-state index is 12.4. The molecule has 1 aliphatic rings. The van der Waals surface area contributed by atoms with Crippen LogP contribution < -0.4 is 19.7 Å². The molecule has 10 heteroatoms. The van der Waals surface area contributed by atoms with Gasteiger partial charge in [0, 0.05) is 65.9 Å². The average molecular weight is 560 g/mol. The summed E-state index contributed by atoms with van der Waals surface area (Å²) in [5.41, 5.74) is 4.71. The number of aromatic nitrogens is 2. The Balaban J connectivity index is 1.35. The van der Waals surface area contributed by atoms with Crippen LogP contribution in [0.3, 0.4) is 0 Å². The van der Waals surface area contributed by atoms with E-state index in [1.807, 2.05) is 42.6 Å². The van der Waals surface area contributed by atoms with Gasteiger partial charge in [0.05, 0.1) is 5.52 Å². The fourth-order valence-electron chi connectivity index (χ4n) is 4.88. The van der Waals surface area contributed by atoms with E-state index in [9.17, 15) is 8.42 Å². The SMILES string of the molecule is CCN1CCN(c2cccc(Nc3ncc4cccc(-c5ccc(NS(=O)(=O)NC(C)(C)C)cc5)c4n3)c2)CC1. The van der Waals surface area contributed by atoms with E-state index in [4.69, 9.17) is 4.98 Å². The number of nitrogens with one attached hydrogen (secondary N) is 3. The fraction of sp³-hybridized carbons (Fsp3) is 0.333. The van der Waals surface area contributed by atoms with Crippen molar-refractivity contribution in [1.82, 2.24) is 19.6 Å². The molecular weight excluding hydrogens is 522 g/mol. The predicted molar refractivity (Wildman–Crippen MR) is 164 cm³/mol. The molecule has 0 saturated carbocycles. The summed E-state index contributed by atoms with van der Waals surface area (Å²) in [5, 5.41) is 4.31. The van der Waals surface area contributed by atoms with Gasteiger partial charge in [-0.25, -0.2) is 9.97 Å². The predicted octanol–water partition coefficient (Wildman–Crippen LogP) is 5.23. The molecule has 0 unspecified atom stereocenters. The second kappa shape index (κ2) is 11.4. The minimum atomic E-state index is -3.69. The Hall–Kier alpha value is -3.73. The lowest BCUT2D eigenvalue weighted by molar-refractivity contribution is 0.271. The van der Waals surface area contributed by atoms with Crippen molar-refractivity contribution in [3.63, 3.8) is 0 Å². The Labute approximate surface area is 236 Å². The van der Waals surface area contributed by atoms with E-state index in [1.165, 1.54) is 5.69 Å². The largest absolute Gasteiger partial charge is 0.369 e. The summed E-state index contributed by atoms with van der Waals surface area (Å²) in [6, 6.07) is 21.6. The summed E-state index contributed by atoms with van der Waals surface area (Å²) >= 11 is 0. The molecule has 0 radical (unpaired) electrons. The molecule has 1 aliphatic heterocycles. The lowest BCUT2D eigenvalue weighted by Crippen LogP contribution is -2.46. The van der Waals surface area contributed by atoms with Crippen molar-refractivity contribution < 1.29 is 8.42 Å². The number of nitrogens with zero attached hydrogens (tertiary/aromatic N) is 4. The Morgan fingerprint density at radius 2 is 1.62 bits per heavy atom. The molecule has 0 amide bonds. The Morgan fingerprint density at radius 1 is 0.900 bits per heavy atom. The van der Waals surface area contributed by atoms with Crippen LogP contribution in [-0.4, -0.2) is 61.5 Å². The second-order valence-corrected chi connectivity index (χ2v) is 12.5. The molecule has 0 aliphatic carbocycles. The molecule has 3 aromatic carbocycles. The number of anilines is 4. The summed E-state index contributed by atoms with van der Waals surface area (Å²) in [6.07, 6.45) is 1.82. The molecule has 4 aromatic rings. The molecule has 1 fully saturated rings. The molecule has 0 bridgehead atoms. The van der Waals surface area contributed by atoms with Crippen LogP contribution in [0.1, 0.15) is 27.7 Å². The number of fused-ring (bicyclic) bond motifs is 1. The Kier molecular flexibility index (Phi) is 7.93. The van der Waals surface area contributed by atoms with Gasteiger partial charge >= 0.3 is 0 Å². The van der Waals surface area contributed by atoms with Crippen molar-refractivity contribution in [2.24, 2.45) is 0 Å². The van der Waals surface area contributed by atoms with Crippen LogP contribution >= 0.6 is 0 Å². The van der Waals surface area contributed by atoms with E-state index in [2.05, 4.69) is 54.7 Å². The maximum Gasteiger partial charge on any atom is 0.299 e. The minimum Gasteiger partial charge on any atom is -0.369 e. The first-order valence-electron chi connectivity index (χ1n) is 13.6. The van der Waals surface area contributed by atoms with Gasteiger partial charge in [0.25, 0.3) is 10.2 Å². The third-order valence-corrected chi connectivity index (χ3v) is 8.17. The summed E-state index contributed by atoms with van der Waals surface area (Å²) in [7, 11) is -3.69. The monoisotopic (exact) mass is 559 g/mol. The van der Waals surface area contributed by atoms with Crippen molar-refractivity contribution in [3.8, 4) is 11.1 Å². The standard InChI is InChI=1S/C30H37N7O2S/c1-5-36-16-18-37(19-17-36)26-10-7-9-25(20-26)32-29-31-21-23-8-6-11-27(28(23)33-29)22-12-14-24(15-13-22)34-40(38,39)35-30(2,3)4/h6-15,20-21,34-35H,5,16-19H2,1-4H3,(H,31,32,33). The first kappa shape index (κ1) is 27.8. The Bertz CT molecular complexity index is 1580. The summed E-state index contributed by atoms with van der Waals surface area (Å²) in [4.78, 5) is 14.3. The zero-order valence-corrected chi connectivity index (χ0v) is 24.3. The topological polar surface area (TPSA) is 102 Å². The van der Waals surface area contributed by atoms with E-state index < -0.39 is 15.7 Å². The van der Waals surface area contributed by atoms with Crippen LogP contribution in [0, 0.1) is 0 Å². The van der Waals surface area contributed by atoms with E-state index in [1.54, 1.807) is 32.9 Å². The number of hydrogen-bond acceptors (Lipinski definition) is 7. The molecule has 40 heavy (non-hydrogen) atoms. The van der Waals surface area contributed by atoms with E-state index in [0.717, 1.165) is 60.4 Å². The van der Waals surface area contributed by atoms with E-state index in [-0.39, 0.29) is 0 Å². The second-order valence-electron chi connectivity index (χ2n) is 11.1. The van der Waals surface area contributed by atoms with Crippen molar-refractivity contribution in [3.05, 3.63) is 72.9 Å². The van der Waals surface area contributed by atoms with E-state index in [0.29, 0.717) is 11.6 Å². The molecule has 1 saturated heterocycles. The molecule has 9 nitrogen and oxygen atoms in total. The minimum absolute atomic E-state index is 0.480. The highest BCUT2D eigenvalue weighted by molar-refractivity contribution is 7.90. The van der Waals surface area contributed by atoms with Gasteiger partial charge in [0.1, 0.15) is 0 Å². The van der Waals surface area contributed by atoms with Crippen molar-refractivity contribution in [2.45, 2.75) is 33.2 Å². The highest BCUT2D eigenvalue weighted by atomic mass is 32.2. The van der Waals surface area contributed by atoms with Gasteiger partial charge in [-0.15, -0.1) is 0 Å². The smallest absolute Gasteiger partial charge is 0.299 e. The van der Waals surface area contributed by atoms with Crippen molar-refractivity contribution >= 4 is 44.1 Å². The highest BCUT2D eigenvalue weighted by Gasteiger charge is 2.20. The number of likely N-dealkylation sites (N-methyl/N-ethyl adjacent to an activating group) is 1. The third kappa shape index (κ3) is 6.88. The number of benzene rings is 3. The van der Waals surface area contributed by atoms with Gasteiger partial charge in [-0.3, -0.25) is 4.72 Å². The normalized spacial score (nSPS) is 14.8. The quantitative estimate of drug-likeness (QED) is 0.272. The number of piperazine rings is 1. The maximum atomic E-state index is 12.4. The summed E-state index contributed by atoms with van der Waals surface area (Å²) < 4.78 is 30.0. The van der Waals surface area contributed by atoms with Crippen LogP contribution in [0.15, 0.2) is 72.9 Å². The summed E-state index contributed by atoms with van der Waals surface area (Å²) in [6.45, 7) is 12.9. The summed E-state index contributed by atoms with van der Waals surface area (Å²) in [5.74, 6) is 0.519. The zero-order valence-electron chi connectivity index (χ0n) is 23.5. The van der Waals surface area contributed by atoms with Gasteiger partial charge in [0.2, 0.25) is 5.95 Å². The fourth-order valence-corrected chi connectivity index (χ4v) is 6.19. The third-order valence-electron chi connectivity index (χ3n) is 6.79. The molecule has 1 aromatic heterocycles. The van der Waals surface area contributed by atoms with Gasteiger partial charge in [0.15, 0.2) is 0 Å². The van der Waals surface area contributed by atoms with Crippen LogP contribution in [0.2, 0.25) is 0 Å². The van der Waals surface area contributed by atoms with Crippen molar-refractivity contribution in [2.75, 3.05) is 47.7 Å². The van der Waals surface area contributed by atoms with Crippen LogP contribution in [0.5, 0.6) is 0 Å². The molecule has 3 N–H and O–H groups in total. The molecule has 210 valence electrons. The van der Waals surface area contributed by atoms with Gasteiger partial charge < -0.3 is 15.1 Å². The highest BCUT2D eigenvalue weighted by Crippen LogP contribution is 2.30. The molecule has 0 spiro atoms. The lowest BCUT2D eigenvalue weighted by atomic mass is 10.0. The van der Waals surface area contributed by atoms with Crippen molar-refractivity contribution in [1.29, 1.82) is 0 Å². The van der Waals surface area contributed by atoms with Crippen LogP contribution in [0.4, 0.5) is 23.0 Å². The van der Waals surface area contributed by atoms with Gasteiger partial charge in [-0.2, -0.15) is 13.1 Å².